The number of ether oxygens (including phenoxy) is 1. The molecule has 0 rings (SSSR count). The summed E-state index contributed by atoms with van der Waals surface area (Å²) in [6, 6.07) is 0. The zero-order valence-electron chi connectivity index (χ0n) is 10.4. The Hall–Kier alpha value is -1.76. The summed E-state index contributed by atoms with van der Waals surface area (Å²) >= 11 is 0. The third-order valence-corrected chi connectivity index (χ3v) is 1.84. The number of hydrogen-bond donors (Lipinski definition) is 0. The maximum atomic E-state index is 5.57. The highest BCUT2D eigenvalue weighted by atomic mass is 16.5. The first-order chi connectivity index (χ1) is 7.63. The lowest BCUT2D eigenvalue weighted by Gasteiger charge is -2.04. The Balaban J connectivity index is 4.58. The molecule has 0 atom stereocenters. The summed E-state index contributed by atoms with van der Waals surface area (Å²) in [6.07, 6.45) is 13.1. The molecule has 0 aliphatic rings. The Morgan fingerprint density at radius 3 is 2.19 bits per heavy atom. The third kappa shape index (κ3) is 6.66. The van der Waals surface area contributed by atoms with Crippen molar-refractivity contribution in [3.05, 3.63) is 72.8 Å². The van der Waals surface area contributed by atoms with Crippen LogP contribution in [-0.2, 0) is 4.74 Å². The van der Waals surface area contributed by atoms with Crippen LogP contribution in [0, 0.1) is 0 Å². The van der Waals surface area contributed by atoms with E-state index in [1.807, 2.05) is 51.2 Å². The van der Waals surface area contributed by atoms with Crippen molar-refractivity contribution in [2.24, 2.45) is 0 Å². The van der Waals surface area contributed by atoms with Crippen LogP contribution in [0.15, 0.2) is 72.8 Å². The molecule has 0 saturated carbocycles. The van der Waals surface area contributed by atoms with E-state index in [2.05, 4.69) is 13.2 Å². The van der Waals surface area contributed by atoms with Gasteiger partial charge in [-0.1, -0.05) is 43.0 Å². The topological polar surface area (TPSA) is 9.23 Å². The molecule has 0 spiro atoms. The van der Waals surface area contributed by atoms with Gasteiger partial charge in [0.25, 0.3) is 0 Å². The Labute approximate surface area is 98.8 Å². The minimum atomic E-state index is 0.733. The van der Waals surface area contributed by atoms with Crippen molar-refractivity contribution in [3.63, 3.8) is 0 Å². The van der Waals surface area contributed by atoms with Crippen molar-refractivity contribution >= 4 is 0 Å². The van der Waals surface area contributed by atoms with Crippen molar-refractivity contribution in [2.45, 2.75) is 20.8 Å². The van der Waals surface area contributed by atoms with Gasteiger partial charge in [-0.2, -0.15) is 0 Å². The van der Waals surface area contributed by atoms with E-state index in [1.54, 1.807) is 12.2 Å². The van der Waals surface area contributed by atoms with Crippen molar-refractivity contribution in [1.29, 1.82) is 0 Å². The zero-order valence-corrected chi connectivity index (χ0v) is 10.4. The fraction of sp³-hybridized carbons (Fsp3) is 0.200. The average molecular weight is 216 g/mol. The molecule has 0 radical (unpaired) electrons. The number of rotatable bonds is 6. The van der Waals surface area contributed by atoms with Crippen LogP contribution in [0.1, 0.15) is 20.8 Å². The first-order valence-corrected chi connectivity index (χ1v) is 5.25. The van der Waals surface area contributed by atoms with Gasteiger partial charge in [0.15, 0.2) is 0 Å². The van der Waals surface area contributed by atoms with Crippen molar-refractivity contribution in [3.8, 4) is 0 Å². The molecule has 86 valence electrons. The zero-order chi connectivity index (χ0) is 12.4. The van der Waals surface area contributed by atoms with E-state index in [0.29, 0.717) is 0 Å². The maximum Gasteiger partial charge on any atom is 0.126 e. The summed E-state index contributed by atoms with van der Waals surface area (Å²) in [5.74, 6) is 1.55. The van der Waals surface area contributed by atoms with Gasteiger partial charge in [-0.05, 0) is 39.0 Å². The van der Waals surface area contributed by atoms with Crippen LogP contribution in [0.5, 0.6) is 0 Å². The summed E-state index contributed by atoms with van der Waals surface area (Å²) in [4.78, 5) is 0. The SMILES string of the molecule is C=C/C(C)=C\C=C(/C)O/C(C=C)=C/C=C\C. The van der Waals surface area contributed by atoms with E-state index in [1.165, 1.54) is 0 Å². The first kappa shape index (κ1) is 14.2. The molecule has 0 unspecified atom stereocenters. The standard InChI is InChI=1S/C15H20O/c1-6-9-10-15(8-3)16-14(5)12-11-13(4)7-2/h6-12H,2-3H2,1,4-5H3/b9-6-,13-11-,14-12+,15-10+. The van der Waals surface area contributed by atoms with E-state index in [4.69, 9.17) is 4.74 Å². The van der Waals surface area contributed by atoms with Gasteiger partial charge in [0, 0.05) is 0 Å². The van der Waals surface area contributed by atoms with Crippen LogP contribution in [0.2, 0.25) is 0 Å². The Morgan fingerprint density at radius 2 is 1.69 bits per heavy atom. The van der Waals surface area contributed by atoms with Crippen LogP contribution in [0.4, 0.5) is 0 Å². The van der Waals surface area contributed by atoms with Crippen LogP contribution < -0.4 is 0 Å². The lowest BCUT2D eigenvalue weighted by Crippen LogP contribution is -1.86. The van der Waals surface area contributed by atoms with E-state index in [-0.39, 0.29) is 0 Å². The molecule has 0 aliphatic heterocycles. The fourth-order valence-corrected chi connectivity index (χ4v) is 0.872. The van der Waals surface area contributed by atoms with Gasteiger partial charge in [-0.15, -0.1) is 0 Å². The second-order valence-corrected chi connectivity index (χ2v) is 3.29. The summed E-state index contributed by atoms with van der Waals surface area (Å²) in [6.45, 7) is 13.2. The Bertz CT molecular complexity index is 352. The van der Waals surface area contributed by atoms with E-state index in [0.717, 1.165) is 17.1 Å². The predicted molar refractivity (Wildman–Crippen MR) is 71.9 cm³/mol. The summed E-state index contributed by atoms with van der Waals surface area (Å²) < 4.78 is 5.57. The highest BCUT2D eigenvalue weighted by Gasteiger charge is 1.92. The summed E-state index contributed by atoms with van der Waals surface area (Å²) in [5, 5.41) is 0. The summed E-state index contributed by atoms with van der Waals surface area (Å²) in [5.41, 5.74) is 1.10. The highest BCUT2D eigenvalue weighted by molar-refractivity contribution is 5.23. The highest BCUT2D eigenvalue weighted by Crippen LogP contribution is 2.08. The largest absolute Gasteiger partial charge is 0.462 e. The van der Waals surface area contributed by atoms with Gasteiger partial charge in [-0.25, -0.2) is 0 Å². The summed E-state index contributed by atoms with van der Waals surface area (Å²) in [7, 11) is 0. The molecule has 0 saturated heterocycles. The molecule has 0 aromatic carbocycles. The van der Waals surface area contributed by atoms with Crippen LogP contribution in [0.25, 0.3) is 0 Å². The monoisotopic (exact) mass is 216 g/mol. The quantitative estimate of drug-likeness (QED) is 0.462. The van der Waals surface area contributed by atoms with Crippen molar-refractivity contribution in [2.75, 3.05) is 0 Å². The van der Waals surface area contributed by atoms with Gasteiger partial charge in [0.05, 0.1) is 0 Å². The molecular weight excluding hydrogens is 196 g/mol. The Kier molecular flexibility index (Phi) is 7.60. The smallest absolute Gasteiger partial charge is 0.126 e. The molecule has 0 fully saturated rings. The fourth-order valence-electron chi connectivity index (χ4n) is 0.872. The van der Waals surface area contributed by atoms with Gasteiger partial charge in [0.2, 0.25) is 0 Å². The van der Waals surface area contributed by atoms with E-state index in [9.17, 15) is 0 Å². The van der Waals surface area contributed by atoms with Gasteiger partial charge >= 0.3 is 0 Å². The normalized spacial score (nSPS) is 14.1. The molecule has 0 amide bonds. The minimum absolute atomic E-state index is 0.733. The molecule has 0 aliphatic carbocycles. The second-order valence-electron chi connectivity index (χ2n) is 3.29. The minimum Gasteiger partial charge on any atom is -0.462 e. The van der Waals surface area contributed by atoms with Crippen LogP contribution in [-0.4, -0.2) is 0 Å². The second kappa shape index (κ2) is 8.54. The van der Waals surface area contributed by atoms with Crippen molar-refractivity contribution < 1.29 is 4.74 Å². The first-order valence-electron chi connectivity index (χ1n) is 5.25. The third-order valence-electron chi connectivity index (χ3n) is 1.84. The Morgan fingerprint density at radius 1 is 1.00 bits per heavy atom. The van der Waals surface area contributed by atoms with Crippen molar-refractivity contribution in [1.82, 2.24) is 0 Å². The molecule has 0 heterocycles. The van der Waals surface area contributed by atoms with Gasteiger partial charge in [0.1, 0.15) is 11.5 Å². The number of hydrogen-bond acceptors (Lipinski definition) is 1. The maximum absolute atomic E-state index is 5.57. The molecule has 16 heavy (non-hydrogen) atoms. The van der Waals surface area contributed by atoms with Crippen LogP contribution in [0.3, 0.4) is 0 Å². The van der Waals surface area contributed by atoms with Gasteiger partial charge < -0.3 is 4.74 Å². The average Bonchev–Trinajstić information content (AvgIpc) is 2.31. The van der Waals surface area contributed by atoms with E-state index < -0.39 is 0 Å². The molecule has 1 heteroatoms. The number of allylic oxidation sites excluding steroid dienone is 9. The van der Waals surface area contributed by atoms with Crippen LogP contribution >= 0.6 is 0 Å². The molecule has 0 N–H and O–H groups in total. The lowest BCUT2D eigenvalue weighted by molar-refractivity contribution is 0.323. The molecular formula is C15H20O. The predicted octanol–water partition coefficient (Wildman–Crippen LogP) is 4.69. The van der Waals surface area contributed by atoms with E-state index >= 15 is 0 Å². The molecule has 0 aromatic heterocycles. The lowest BCUT2D eigenvalue weighted by atomic mass is 10.2. The van der Waals surface area contributed by atoms with Gasteiger partial charge in [-0.3, -0.25) is 0 Å². The molecule has 1 nitrogen and oxygen atoms in total. The molecule has 0 aromatic rings. The molecule has 0 bridgehead atoms.